The molecule has 0 heterocycles. The zero-order valence-corrected chi connectivity index (χ0v) is 11.8. The number of aliphatic hydroxyl groups excluding tert-OH is 1. The van der Waals surface area contributed by atoms with Crippen LogP contribution in [0, 0.1) is 0 Å². The fourth-order valence-corrected chi connectivity index (χ4v) is 2.60. The molecule has 1 fully saturated rings. The summed E-state index contributed by atoms with van der Waals surface area (Å²) in [6, 6.07) is 3.66. The van der Waals surface area contributed by atoms with E-state index in [1.165, 1.54) is 12.1 Å². The highest BCUT2D eigenvalue weighted by molar-refractivity contribution is 5.39. The maximum absolute atomic E-state index is 13.1. The van der Waals surface area contributed by atoms with E-state index in [-0.39, 0.29) is 23.5 Å². The molecule has 2 atom stereocenters. The third kappa shape index (κ3) is 4.11. The number of aliphatic hydroxyl groups is 1. The van der Waals surface area contributed by atoms with E-state index in [4.69, 9.17) is 14.6 Å². The molecule has 0 bridgehead atoms. The highest BCUT2D eigenvalue weighted by atomic mass is 19.4. The molecule has 1 aliphatic rings. The van der Waals surface area contributed by atoms with E-state index in [9.17, 15) is 13.2 Å². The summed E-state index contributed by atoms with van der Waals surface area (Å²) in [6.45, 7) is -0.432. The van der Waals surface area contributed by atoms with Gasteiger partial charge in [-0.15, -0.1) is 0 Å². The molecular formula is C15H19F3O3. The summed E-state index contributed by atoms with van der Waals surface area (Å²) in [4.78, 5) is 0. The Labute approximate surface area is 121 Å². The Bertz CT molecular complexity index is 474. The number of benzene rings is 1. The van der Waals surface area contributed by atoms with Gasteiger partial charge in [-0.2, -0.15) is 13.2 Å². The maximum Gasteiger partial charge on any atom is 0.419 e. The molecule has 1 aromatic rings. The second-order valence-corrected chi connectivity index (χ2v) is 5.25. The fourth-order valence-electron chi connectivity index (χ4n) is 2.60. The number of hydrogen-bond donors (Lipinski definition) is 1. The van der Waals surface area contributed by atoms with Gasteiger partial charge in [0.1, 0.15) is 11.9 Å². The van der Waals surface area contributed by atoms with E-state index in [1.54, 1.807) is 7.11 Å². The average molecular weight is 304 g/mol. The van der Waals surface area contributed by atoms with Gasteiger partial charge >= 0.3 is 6.18 Å². The lowest BCUT2D eigenvalue weighted by molar-refractivity contribution is -0.139. The third-order valence-electron chi connectivity index (χ3n) is 3.74. The minimum absolute atomic E-state index is 0.0369. The smallest absolute Gasteiger partial charge is 0.419 e. The number of hydrogen-bond acceptors (Lipinski definition) is 3. The van der Waals surface area contributed by atoms with E-state index in [0.717, 1.165) is 25.3 Å². The van der Waals surface area contributed by atoms with Gasteiger partial charge < -0.3 is 14.6 Å². The van der Waals surface area contributed by atoms with Crippen molar-refractivity contribution in [3.8, 4) is 5.75 Å². The van der Waals surface area contributed by atoms with Crippen LogP contribution < -0.4 is 4.74 Å². The van der Waals surface area contributed by atoms with Crippen LogP contribution in [-0.2, 0) is 17.5 Å². The first kappa shape index (κ1) is 16.1. The van der Waals surface area contributed by atoms with Crippen LogP contribution in [0.1, 0.15) is 36.8 Å². The van der Waals surface area contributed by atoms with Gasteiger partial charge in [0, 0.05) is 13.5 Å². The molecule has 2 rings (SSSR count). The Hall–Kier alpha value is -1.27. The van der Waals surface area contributed by atoms with Gasteiger partial charge in [-0.1, -0.05) is 6.07 Å². The molecule has 0 spiro atoms. The second kappa shape index (κ2) is 6.66. The molecule has 0 saturated heterocycles. The van der Waals surface area contributed by atoms with Gasteiger partial charge in [0.15, 0.2) is 0 Å². The molecule has 6 heteroatoms. The van der Waals surface area contributed by atoms with Crippen LogP contribution in [0.4, 0.5) is 13.2 Å². The summed E-state index contributed by atoms with van der Waals surface area (Å²) in [6.07, 6.45) is -1.64. The molecule has 118 valence electrons. The number of methoxy groups -OCH3 is 1. The van der Waals surface area contributed by atoms with E-state index >= 15 is 0 Å². The number of ether oxygens (including phenoxy) is 2. The van der Waals surface area contributed by atoms with Crippen molar-refractivity contribution in [2.45, 2.75) is 50.7 Å². The summed E-state index contributed by atoms with van der Waals surface area (Å²) >= 11 is 0. The lowest BCUT2D eigenvalue weighted by atomic mass is 9.94. The maximum atomic E-state index is 13.1. The van der Waals surface area contributed by atoms with Crippen LogP contribution >= 0.6 is 0 Å². The molecule has 1 aromatic carbocycles. The quantitative estimate of drug-likeness (QED) is 0.925. The van der Waals surface area contributed by atoms with Crippen molar-refractivity contribution < 1.29 is 27.8 Å². The largest absolute Gasteiger partial charge is 0.490 e. The summed E-state index contributed by atoms with van der Waals surface area (Å²) in [5.74, 6) is -0.179. The molecule has 0 radical (unpaired) electrons. The SMILES string of the molecule is COC1CCCC(Oc2ccc(CO)cc2C(F)(F)F)C1. The Kier molecular flexibility index (Phi) is 5.11. The first-order valence-electron chi connectivity index (χ1n) is 6.94. The lowest BCUT2D eigenvalue weighted by Crippen LogP contribution is -2.30. The van der Waals surface area contributed by atoms with Crippen molar-refractivity contribution in [2.24, 2.45) is 0 Å². The summed E-state index contributed by atoms with van der Waals surface area (Å²) in [5.41, 5.74) is -0.623. The van der Waals surface area contributed by atoms with E-state index < -0.39 is 18.3 Å². The first-order valence-corrected chi connectivity index (χ1v) is 6.94. The fraction of sp³-hybridized carbons (Fsp3) is 0.600. The van der Waals surface area contributed by atoms with Crippen LogP contribution in [0.15, 0.2) is 18.2 Å². The van der Waals surface area contributed by atoms with Crippen LogP contribution in [0.3, 0.4) is 0 Å². The molecule has 1 saturated carbocycles. The van der Waals surface area contributed by atoms with Crippen LogP contribution in [0.2, 0.25) is 0 Å². The van der Waals surface area contributed by atoms with Crippen molar-refractivity contribution in [2.75, 3.05) is 7.11 Å². The van der Waals surface area contributed by atoms with E-state index in [2.05, 4.69) is 0 Å². The molecule has 0 aromatic heterocycles. The van der Waals surface area contributed by atoms with Crippen molar-refractivity contribution in [3.63, 3.8) is 0 Å². The first-order chi connectivity index (χ1) is 9.94. The van der Waals surface area contributed by atoms with Crippen molar-refractivity contribution in [1.82, 2.24) is 0 Å². The van der Waals surface area contributed by atoms with Gasteiger partial charge in [-0.25, -0.2) is 0 Å². The standard InChI is InChI=1S/C15H19F3O3/c1-20-11-3-2-4-12(8-11)21-14-6-5-10(9-19)7-13(14)15(16,17)18/h5-7,11-12,19H,2-4,8-9H2,1H3. The van der Waals surface area contributed by atoms with Crippen molar-refractivity contribution in [3.05, 3.63) is 29.3 Å². The van der Waals surface area contributed by atoms with Crippen LogP contribution in [0.5, 0.6) is 5.75 Å². The molecular weight excluding hydrogens is 285 g/mol. The number of halogens is 3. The Balaban J connectivity index is 2.19. The predicted molar refractivity (Wildman–Crippen MR) is 71.0 cm³/mol. The van der Waals surface area contributed by atoms with Gasteiger partial charge in [-0.3, -0.25) is 0 Å². The summed E-state index contributed by atoms with van der Waals surface area (Å²) in [5, 5.41) is 8.98. The normalized spacial score (nSPS) is 23.1. The zero-order chi connectivity index (χ0) is 15.5. The van der Waals surface area contributed by atoms with E-state index in [1.807, 2.05) is 0 Å². The van der Waals surface area contributed by atoms with Crippen LogP contribution in [0.25, 0.3) is 0 Å². The topological polar surface area (TPSA) is 38.7 Å². The van der Waals surface area contributed by atoms with Crippen LogP contribution in [-0.4, -0.2) is 24.4 Å². The molecule has 1 N–H and O–H groups in total. The van der Waals surface area contributed by atoms with Crippen molar-refractivity contribution in [1.29, 1.82) is 0 Å². The monoisotopic (exact) mass is 304 g/mol. The Morgan fingerprint density at radius 2 is 1.95 bits per heavy atom. The molecule has 3 nitrogen and oxygen atoms in total. The second-order valence-electron chi connectivity index (χ2n) is 5.25. The van der Waals surface area contributed by atoms with Crippen molar-refractivity contribution >= 4 is 0 Å². The number of rotatable bonds is 4. The number of alkyl halides is 3. The third-order valence-corrected chi connectivity index (χ3v) is 3.74. The minimum atomic E-state index is -4.50. The predicted octanol–water partition coefficient (Wildman–Crippen LogP) is 3.53. The lowest BCUT2D eigenvalue weighted by Gasteiger charge is -2.29. The molecule has 1 aliphatic carbocycles. The molecule has 21 heavy (non-hydrogen) atoms. The van der Waals surface area contributed by atoms with Gasteiger partial charge in [0.2, 0.25) is 0 Å². The Morgan fingerprint density at radius 3 is 2.57 bits per heavy atom. The summed E-state index contributed by atoms with van der Waals surface area (Å²) in [7, 11) is 1.60. The highest BCUT2D eigenvalue weighted by Crippen LogP contribution is 2.38. The van der Waals surface area contributed by atoms with Gasteiger partial charge in [0.25, 0.3) is 0 Å². The average Bonchev–Trinajstić information content (AvgIpc) is 2.46. The molecule has 0 amide bonds. The summed E-state index contributed by atoms with van der Waals surface area (Å²) < 4.78 is 50.0. The zero-order valence-electron chi connectivity index (χ0n) is 11.8. The van der Waals surface area contributed by atoms with Gasteiger partial charge in [0.05, 0.1) is 18.3 Å². The van der Waals surface area contributed by atoms with E-state index in [0.29, 0.717) is 6.42 Å². The Morgan fingerprint density at radius 1 is 1.24 bits per heavy atom. The molecule has 2 unspecified atom stereocenters. The molecule has 0 aliphatic heterocycles. The van der Waals surface area contributed by atoms with Gasteiger partial charge in [-0.05, 0) is 37.0 Å². The highest BCUT2D eigenvalue weighted by Gasteiger charge is 2.35. The minimum Gasteiger partial charge on any atom is -0.490 e.